The molecule has 3 heteroatoms. The van der Waals surface area contributed by atoms with Crippen LogP contribution in [0.25, 0.3) is 0 Å². The third-order valence-electron chi connectivity index (χ3n) is 4.44. The number of aryl methyl sites for hydroxylation is 1. The minimum absolute atomic E-state index is 0.356. The summed E-state index contributed by atoms with van der Waals surface area (Å²) in [5.74, 6) is -0.158. The number of fused-ring (bicyclic) bond motifs is 1. The number of carboxylic acids is 1. The zero-order valence-corrected chi connectivity index (χ0v) is 12.9. The molecule has 2 rings (SSSR count). The lowest BCUT2D eigenvalue weighted by molar-refractivity contribution is -0.147. The Labute approximate surface area is 121 Å². The molecule has 1 aliphatic carbocycles. The second-order valence-corrected chi connectivity index (χ2v) is 6.75. The van der Waals surface area contributed by atoms with Crippen LogP contribution < -0.4 is 5.32 Å². The monoisotopic (exact) mass is 275 g/mol. The lowest BCUT2D eigenvalue weighted by Crippen LogP contribution is -2.31. The van der Waals surface area contributed by atoms with Gasteiger partial charge in [0.1, 0.15) is 0 Å². The molecule has 0 saturated carbocycles. The van der Waals surface area contributed by atoms with Crippen molar-refractivity contribution in [3.8, 4) is 0 Å². The summed E-state index contributed by atoms with van der Waals surface area (Å²) in [4.78, 5) is 11.1. The zero-order valence-electron chi connectivity index (χ0n) is 12.9. The highest BCUT2D eigenvalue weighted by Gasteiger charge is 2.31. The zero-order chi connectivity index (χ0) is 14.9. The summed E-state index contributed by atoms with van der Waals surface area (Å²) >= 11 is 0. The molecule has 0 bridgehead atoms. The number of benzene rings is 1. The van der Waals surface area contributed by atoms with E-state index in [4.69, 9.17) is 5.11 Å². The Kier molecular flexibility index (Phi) is 4.19. The van der Waals surface area contributed by atoms with Crippen molar-refractivity contribution in [2.75, 3.05) is 6.54 Å². The van der Waals surface area contributed by atoms with Crippen molar-refractivity contribution in [2.45, 2.75) is 46.6 Å². The van der Waals surface area contributed by atoms with Gasteiger partial charge in [-0.3, -0.25) is 4.79 Å². The summed E-state index contributed by atoms with van der Waals surface area (Å²) in [5.41, 5.74) is 3.45. The normalized spacial score (nSPS) is 21.8. The van der Waals surface area contributed by atoms with Gasteiger partial charge in [-0.1, -0.05) is 30.7 Å². The van der Waals surface area contributed by atoms with Crippen molar-refractivity contribution in [1.82, 2.24) is 5.32 Å². The van der Waals surface area contributed by atoms with Crippen molar-refractivity contribution in [2.24, 2.45) is 11.3 Å². The fourth-order valence-electron chi connectivity index (χ4n) is 2.92. The van der Waals surface area contributed by atoms with Gasteiger partial charge in [0.25, 0.3) is 0 Å². The lowest BCUT2D eigenvalue weighted by atomic mass is 9.89. The smallest absolute Gasteiger partial charge is 0.309 e. The van der Waals surface area contributed by atoms with Gasteiger partial charge in [-0.25, -0.2) is 0 Å². The van der Waals surface area contributed by atoms with Crippen LogP contribution >= 0.6 is 0 Å². The number of rotatable bonds is 5. The quantitative estimate of drug-likeness (QED) is 0.866. The second-order valence-electron chi connectivity index (χ2n) is 6.75. The summed E-state index contributed by atoms with van der Waals surface area (Å²) in [7, 11) is 0. The van der Waals surface area contributed by atoms with Crippen LogP contribution in [-0.4, -0.2) is 17.6 Å². The van der Waals surface area contributed by atoms with Gasteiger partial charge in [0.05, 0.1) is 5.41 Å². The van der Waals surface area contributed by atoms with Gasteiger partial charge >= 0.3 is 5.97 Å². The molecule has 20 heavy (non-hydrogen) atoms. The fourth-order valence-corrected chi connectivity index (χ4v) is 2.92. The highest BCUT2D eigenvalue weighted by atomic mass is 16.4. The molecule has 2 atom stereocenters. The summed E-state index contributed by atoms with van der Waals surface area (Å²) in [5, 5.41) is 12.7. The second kappa shape index (κ2) is 5.57. The number of hydrogen-bond acceptors (Lipinski definition) is 2. The minimum atomic E-state index is -0.727. The van der Waals surface area contributed by atoms with Crippen LogP contribution in [0.2, 0.25) is 0 Å². The molecule has 3 nitrogen and oxygen atoms in total. The van der Waals surface area contributed by atoms with Crippen molar-refractivity contribution in [1.29, 1.82) is 0 Å². The van der Waals surface area contributed by atoms with Crippen LogP contribution in [0.3, 0.4) is 0 Å². The molecule has 110 valence electrons. The van der Waals surface area contributed by atoms with E-state index in [2.05, 4.69) is 37.4 Å². The van der Waals surface area contributed by atoms with Crippen molar-refractivity contribution >= 4 is 5.97 Å². The van der Waals surface area contributed by atoms with E-state index >= 15 is 0 Å². The Bertz CT molecular complexity index is 508. The first kappa shape index (κ1) is 15.0. The predicted octanol–water partition coefficient (Wildman–Crippen LogP) is 3.32. The van der Waals surface area contributed by atoms with Crippen molar-refractivity contribution in [3.05, 3.63) is 34.9 Å². The highest BCUT2D eigenvalue weighted by Crippen LogP contribution is 2.36. The molecular weight excluding hydrogens is 250 g/mol. The Morgan fingerprint density at radius 1 is 1.45 bits per heavy atom. The molecule has 2 N–H and O–H groups in total. The SMILES string of the molecule is Cc1ccc2c(c1)C(NCCC(C)(C)C(=O)O)C(C)C2. The highest BCUT2D eigenvalue weighted by molar-refractivity contribution is 5.73. The van der Waals surface area contributed by atoms with E-state index in [1.807, 2.05) is 0 Å². The first-order chi connectivity index (χ1) is 9.31. The number of hydrogen-bond donors (Lipinski definition) is 2. The standard InChI is InChI=1S/C17H25NO2/c1-11-5-6-13-10-12(2)15(14(13)9-11)18-8-7-17(3,4)16(19)20/h5-6,9,12,15,18H,7-8,10H2,1-4H3,(H,19,20). The number of nitrogens with one attached hydrogen (secondary N) is 1. The van der Waals surface area contributed by atoms with E-state index in [9.17, 15) is 4.79 Å². The summed E-state index contributed by atoms with van der Waals surface area (Å²) in [6.45, 7) is 8.69. The largest absolute Gasteiger partial charge is 0.481 e. The van der Waals surface area contributed by atoms with E-state index in [-0.39, 0.29) is 0 Å². The number of carboxylic acid groups (broad SMARTS) is 1. The summed E-state index contributed by atoms with van der Waals surface area (Å²) in [6, 6.07) is 7.01. The van der Waals surface area contributed by atoms with Crippen molar-refractivity contribution < 1.29 is 9.90 Å². The van der Waals surface area contributed by atoms with E-state index < -0.39 is 11.4 Å². The predicted molar refractivity (Wildman–Crippen MR) is 80.8 cm³/mol. The molecular formula is C17H25NO2. The first-order valence-electron chi connectivity index (χ1n) is 7.37. The van der Waals surface area contributed by atoms with E-state index in [0.29, 0.717) is 18.4 Å². The maximum atomic E-state index is 11.1. The molecule has 2 unspecified atom stereocenters. The van der Waals surface area contributed by atoms with Crippen LogP contribution in [-0.2, 0) is 11.2 Å². The van der Waals surface area contributed by atoms with Crippen LogP contribution in [0.1, 0.15) is 49.9 Å². The van der Waals surface area contributed by atoms with Crippen molar-refractivity contribution in [3.63, 3.8) is 0 Å². The summed E-state index contributed by atoms with van der Waals surface area (Å²) < 4.78 is 0. The van der Waals surface area contributed by atoms with Gasteiger partial charge in [-0.05, 0) is 57.2 Å². The number of carbonyl (C=O) groups is 1. The van der Waals surface area contributed by atoms with Gasteiger partial charge in [0, 0.05) is 6.04 Å². The van der Waals surface area contributed by atoms with Gasteiger partial charge in [-0.15, -0.1) is 0 Å². The molecule has 0 fully saturated rings. The van der Waals surface area contributed by atoms with Crippen LogP contribution in [0.15, 0.2) is 18.2 Å². The molecule has 0 aromatic heterocycles. The topological polar surface area (TPSA) is 49.3 Å². The average molecular weight is 275 g/mol. The molecule has 0 aliphatic heterocycles. The third kappa shape index (κ3) is 3.04. The van der Waals surface area contributed by atoms with Gasteiger partial charge in [-0.2, -0.15) is 0 Å². The van der Waals surface area contributed by atoms with E-state index in [1.165, 1.54) is 16.7 Å². The molecule has 1 aromatic carbocycles. The molecule has 0 spiro atoms. The molecule has 0 radical (unpaired) electrons. The van der Waals surface area contributed by atoms with Crippen LogP contribution in [0.4, 0.5) is 0 Å². The maximum Gasteiger partial charge on any atom is 0.309 e. The Balaban J connectivity index is 2.01. The van der Waals surface area contributed by atoms with E-state index in [1.54, 1.807) is 13.8 Å². The third-order valence-corrected chi connectivity index (χ3v) is 4.44. The Morgan fingerprint density at radius 3 is 2.80 bits per heavy atom. The van der Waals surface area contributed by atoms with Gasteiger partial charge in [0.15, 0.2) is 0 Å². The maximum absolute atomic E-state index is 11.1. The molecule has 1 aliphatic rings. The lowest BCUT2D eigenvalue weighted by Gasteiger charge is -2.23. The number of aliphatic carboxylic acids is 1. The molecule has 1 aromatic rings. The molecule has 0 amide bonds. The minimum Gasteiger partial charge on any atom is -0.481 e. The molecule has 0 saturated heterocycles. The van der Waals surface area contributed by atoms with Crippen LogP contribution in [0.5, 0.6) is 0 Å². The Hall–Kier alpha value is -1.35. The van der Waals surface area contributed by atoms with Crippen LogP contribution in [0, 0.1) is 18.3 Å². The van der Waals surface area contributed by atoms with E-state index in [0.717, 1.165) is 13.0 Å². The average Bonchev–Trinajstić information content (AvgIpc) is 2.65. The first-order valence-corrected chi connectivity index (χ1v) is 7.37. The Morgan fingerprint density at radius 2 is 2.15 bits per heavy atom. The summed E-state index contributed by atoms with van der Waals surface area (Å²) in [6.07, 6.45) is 1.75. The van der Waals surface area contributed by atoms with Gasteiger partial charge < -0.3 is 10.4 Å². The molecule has 0 heterocycles. The fraction of sp³-hybridized carbons (Fsp3) is 0.588. The van der Waals surface area contributed by atoms with Gasteiger partial charge in [0.2, 0.25) is 0 Å².